The van der Waals surface area contributed by atoms with Crippen molar-refractivity contribution in [1.82, 2.24) is 29.8 Å². The minimum absolute atomic E-state index is 0.306. The van der Waals surface area contributed by atoms with Crippen LogP contribution in [0.15, 0.2) is 73.3 Å². The van der Waals surface area contributed by atoms with E-state index in [1.807, 2.05) is 36.4 Å². The van der Waals surface area contributed by atoms with E-state index in [9.17, 15) is 0 Å². The Kier molecular flexibility index (Phi) is 8.62. The summed E-state index contributed by atoms with van der Waals surface area (Å²) in [5, 5.41) is 7.42. The summed E-state index contributed by atoms with van der Waals surface area (Å²) in [6, 6.07) is 16.4. The maximum Gasteiger partial charge on any atom is 0.159 e. The number of benzene rings is 2. The molecule has 216 valence electrons. The Morgan fingerprint density at radius 1 is 0.976 bits per heavy atom. The quantitative estimate of drug-likeness (QED) is 0.170. The molecule has 1 aliphatic heterocycles. The molecule has 0 saturated carbocycles. The molecule has 42 heavy (non-hydrogen) atoms. The summed E-state index contributed by atoms with van der Waals surface area (Å²) in [7, 11) is 1.69. The van der Waals surface area contributed by atoms with E-state index in [1.165, 1.54) is 5.56 Å². The molecular weight excluding hydrogens is 552 g/mol. The predicted octanol–water partition coefficient (Wildman–Crippen LogP) is 5.64. The summed E-state index contributed by atoms with van der Waals surface area (Å²) in [5.41, 5.74) is 4.50. The Balaban J connectivity index is 1.05. The van der Waals surface area contributed by atoms with Crippen LogP contribution in [0.5, 0.6) is 11.5 Å². The van der Waals surface area contributed by atoms with Crippen LogP contribution in [0, 0.1) is 0 Å². The average Bonchev–Trinajstić information content (AvgIpc) is 3.48. The lowest BCUT2D eigenvalue weighted by Crippen LogP contribution is -2.38. The minimum atomic E-state index is 0.306. The molecule has 3 N–H and O–H groups in total. The summed E-state index contributed by atoms with van der Waals surface area (Å²) in [5.74, 6) is 3.11. The number of hydrogen-bond acceptors (Lipinski definition) is 9. The zero-order valence-electron chi connectivity index (χ0n) is 23.4. The van der Waals surface area contributed by atoms with Gasteiger partial charge in [0.05, 0.1) is 36.8 Å². The van der Waals surface area contributed by atoms with Gasteiger partial charge >= 0.3 is 0 Å². The van der Waals surface area contributed by atoms with Gasteiger partial charge in [-0.25, -0.2) is 15.0 Å². The fraction of sp³-hybridized carbons (Fsp3) is 0.290. The van der Waals surface area contributed by atoms with Gasteiger partial charge in [0.15, 0.2) is 5.65 Å². The first-order chi connectivity index (χ1) is 20.6. The van der Waals surface area contributed by atoms with Gasteiger partial charge < -0.3 is 25.1 Å². The van der Waals surface area contributed by atoms with E-state index >= 15 is 0 Å². The number of likely N-dealkylation sites (tertiary alicyclic amines) is 1. The Labute approximate surface area is 249 Å². The van der Waals surface area contributed by atoms with Gasteiger partial charge in [0.2, 0.25) is 0 Å². The molecule has 1 fully saturated rings. The molecule has 1 aliphatic rings. The van der Waals surface area contributed by atoms with E-state index in [2.05, 4.69) is 47.6 Å². The van der Waals surface area contributed by atoms with Gasteiger partial charge in [-0.3, -0.25) is 9.88 Å². The number of nitrogens with zero attached hydrogens (tertiary/aromatic N) is 5. The number of pyridine rings is 1. The molecule has 0 atom stereocenters. The fourth-order valence-electron chi connectivity index (χ4n) is 5.08. The van der Waals surface area contributed by atoms with Gasteiger partial charge in [-0.05, 0) is 54.8 Å². The number of H-pyrrole nitrogens is 1. The molecule has 2 aromatic carbocycles. The first kappa shape index (κ1) is 27.7. The molecule has 0 aliphatic carbocycles. The van der Waals surface area contributed by atoms with Gasteiger partial charge in [0, 0.05) is 43.6 Å². The summed E-state index contributed by atoms with van der Waals surface area (Å²) < 4.78 is 11.1. The number of rotatable bonds is 11. The molecular formula is C31H33ClN8O2. The standard InChI is InChI=1S/C31H33ClN8O2/c1-41-24-6-2-21(3-7-24)20-40-15-10-23(11-16-40)37-28-26(32)18-36-31-29(28)38-30(39-31)22-4-8-25(9-5-22)42-17-14-35-27-19-33-12-13-34-27/h2-9,12-13,18-19,23H,10-11,14-17,20H2,1H3,(H,34,35)(H2,36,37,38,39). The van der Waals surface area contributed by atoms with Gasteiger partial charge in [0.1, 0.15) is 35.3 Å². The van der Waals surface area contributed by atoms with Crippen LogP contribution in [0.1, 0.15) is 18.4 Å². The molecule has 6 rings (SSSR count). The van der Waals surface area contributed by atoms with Gasteiger partial charge in [-0.1, -0.05) is 23.7 Å². The number of imidazole rings is 1. The molecule has 11 heteroatoms. The van der Waals surface area contributed by atoms with Crippen LogP contribution >= 0.6 is 11.6 Å². The summed E-state index contributed by atoms with van der Waals surface area (Å²) in [6.45, 7) is 4.06. The molecule has 0 unspecified atom stereocenters. The Hall–Kier alpha value is -4.41. The van der Waals surface area contributed by atoms with Crippen LogP contribution in [-0.4, -0.2) is 69.2 Å². The third-order valence-electron chi connectivity index (χ3n) is 7.34. The largest absolute Gasteiger partial charge is 0.497 e. The Morgan fingerprint density at radius 2 is 1.76 bits per heavy atom. The molecule has 0 bridgehead atoms. The molecule has 5 aromatic rings. The lowest BCUT2D eigenvalue weighted by Gasteiger charge is -2.33. The lowest BCUT2D eigenvalue weighted by molar-refractivity contribution is 0.211. The average molecular weight is 585 g/mol. The normalized spacial score (nSPS) is 14.1. The van der Waals surface area contributed by atoms with Gasteiger partial charge in [-0.15, -0.1) is 0 Å². The van der Waals surface area contributed by atoms with E-state index in [4.69, 9.17) is 26.1 Å². The Bertz CT molecular complexity index is 1590. The topological polar surface area (TPSA) is 113 Å². The molecule has 0 radical (unpaired) electrons. The van der Waals surface area contributed by atoms with E-state index in [1.54, 1.807) is 31.9 Å². The van der Waals surface area contributed by atoms with Crippen molar-refractivity contribution in [2.24, 2.45) is 0 Å². The maximum atomic E-state index is 6.63. The lowest BCUT2D eigenvalue weighted by atomic mass is 10.0. The van der Waals surface area contributed by atoms with Crippen molar-refractivity contribution < 1.29 is 9.47 Å². The molecule has 4 heterocycles. The van der Waals surface area contributed by atoms with Crippen LogP contribution in [0.25, 0.3) is 22.6 Å². The van der Waals surface area contributed by atoms with Crippen molar-refractivity contribution in [2.45, 2.75) is 25.4 Å². The van der Waals surface area contributed by atoms with Crippen molar-refractivity contribution in [3.8, 4) is 22.9 Å². The highest BCUT2D eigenvalue weighted by Gasteiger charge is 2.22. The summed E-state index contributed by atoms with van der Waals surface area (Å²) >= 11 is 6.63. The number of fused-ring (bicyclic) bond motifs is 1. The van der Waals surface area contributed by atoms with Crippen LogP contribution in [0.3, 0.4) is 0 Å². The van der Waals surface area contributed by atoms with Gasteiger partial charge in [-0.2, -0.15) is 0 Å². The molecule has 0 spiro atoms. The zero-order valence-corrected chi connectivity index (χ0v) is 24.1. The smallest absolute Gasteiger partial charge is 0.159 e. The number of aromatic amines is 1. The second-order valence-electron chi connectivity index (χ2n) is 10.2. The van der Waals surface area contributed by atoms with E-state index in [-0.39, 0.29) is 0 Å². The SMILES string of the molecule is COc1ccc(CN2CCC(Nc3c(Cl)cnc4[nH]c(-c5ccc(OCCNc6cnccn6)cc5)nc34)CC2)cc1. The first-order valence-electron chi connectivity index (χ1n) is 14.0. The van der Waals surface area contributed by atoms with Crippen molar-refractivity contribution in [3.05, 3.63) is 83.9 Å². The highest BCUT2D eigenvalue weighted by atomic mass is 35.5. The Morgan fingerprint density at radius 3 is 2.50 bits per heavy atom. The highest BCUT2D eigenvalue weighted by Crippen LogP contribution is 2.32. The number of ether oxygens (including phenoxy) is 2. The van der Waals surface area contributed by atoms with Crippen LogP contribution in [0.2, 0.25) is 5.02 Å². The summed E-state index contributed by atoms with van der Waals surface area (Å²) in [4.78, 5) is 23.4. The van der Waals surface area contributed by atoms with Crippen molar-refractivity contribution in [2.75, 3.05) is 44.0 Å². The molecule has 10 nitrogen and oxygen atoms in total. The van der Waals surface area contributed by atoms with Crippen molar-refractivity contribution in [3.63, 3.8) is 0 Å². The van der Waals surface area contributed by atoms with Crippen molar-refractivity contribution in [1.29, 1.82) is 0 Å². The van der Waals surface area contributed by atoms with Crippen LogP contribution in [0.4, 0.5) is 11.5 Å². The number of anilines is 2. The predicted molar refractivity (Wildman–Crippen MR) is 165 cm³/mol. The second kappa shape index (κ2) is 13.1. The van der Waals surface area contributed by atoms with Crippen LogP contribution in [-0.2, 0) is 6.54 Å². The number of piperidine rings is 1. The maximum absolute atomic E-state index is 6.63. The van der Waals surface area contributed by atoms with Crippen LogP contribution < -0.4 is 20.1 Å². The van der Waals surface area contributed by atoms with E-state index in [0.717, 1.165) is 72.4 Å². The van der Waals surface area contributed by atoms with Gasteiger partial charge in [0.25, 0.3) is 0 Å². The number of methoxy groups -OCH3 is 1. The number of nitrogens with one attached hydrogen (secondary N) is 3. The fourth-order valence-corrected chi connectivity index (χ4v) is 5.27. The number of halogens is 1. The van der Waals surface area contributed by atoms with E-state index < -0.39 is 0 Å². The minimum Gasteiger partial charge on any atom is -0.497 e. The number of hydrogen-bond donors (Lipinski definition) is 3. The highest BCUT2D eigenvalue weighted by molar-refractivity contribution is 6.34. The first-order valence-corrected chi connectivity index (χ1v) is 14.4. The third-order valence-corrected chi connectivity index (χ3v) is 7.62. The van der Waals surface area contributed by atoms with E-state index in [0.29, 0.717) is 29.9 Å². The molecule has 0 amide bonds. The monoisotopic (exact) mass is 584 g/mol. The molecule has 3 aromatic heterocycles. The van der Waals surface area contributed by atoms with Crippen molar-refractivity contribution >= 4 is 34.3 Å². The zero-order chi connectivity index (χ0) is 28.7. The third kappa shape index (κ3) is 6.72. The number of aromatic nitrogens is 5. The molecule has 1 saturated heterocycles. The summed E-state index contributed by atoms with van der Waals surface area (Å²) in [6.07, 6.45) is 8.69. The second-order valence-corrected chi connectivity index (χ2v) is 10.6.